The van der Waals surface area contributed by atoms with Crippen LogP contribution >= 0.6 is 12.6 Å². The fourth-order valence-corrected chi connectivity index (χ4v) is 4.56. The molecule has 1 aromatic rings. The molecular formula is C18H24F2S. The van der Waals surface area contributed by atoms with Crippen LogP contribution < -0.4 is 0 Å². The van der Waals surface area contributed by atoms with E-state index in [1.165, 1.54) is 50.7 Å². The summed E-state index contributed by atoms with van der Waals surface area (Å²) in [6, 6.07) is 4.42. The summed E-state index contributed by atoms with van der Waals surface area (Å²) in [4.78, 5) is 0. The highest BCUT2D eigenvalue weighted by Gasteiger charge is 2.30. The zero-order chi connectivity index (χ0) is 14.8. The van der Waals surface area contributed by atoms with Gasteiger partial charge >= 0.3 is 0 Å². The van der Waals surface area contributed by atoms with E-state index in [-0.39, 0.29) is 0 Å². The van der Waals surface area contributed by atoms with Crippen LogP contribution in [0.1, 0.15) is 62.8 Å². The molecule has 0 heterocycles. The van der Waals surface area contributed by atoms with Gasteiger partial charge in [0.25, 0.3) is 0 Å². The van der Waals surface area contributed by atoms with Gasteiger partial charge in [0.05, 0.1) is 0 Å². The molecular weight excluding hydrogens is 286 g/mol. The van der Waals surface area contributed by atoms with Crippen molar-refractivity contribution in [1.82, 2.24) is 0 Å². The van der Waals surface area contributed by atoms with Crippen LogP contribution in [0.3, 0.4) is 0 Å². The van der Waals surface area contributed by atoms with Crippen LogP contribution in [0, 0.1) is 23.5 Å². The van der Waals surface area contributed by atoms with E-state index in [1.54, 1.807) is 6.07 Å². The third-order valence-electron chi connectivity index (χ3n) is 5.59. The molecule has 2 fully saturated rings. The molecule has 3 rings (SSSR count). The fourth-order valence-electron chi connectivity index (χ4n) is 4.26. The normalized spacial score (nSPS) is 33.9. The summed E-state index contributed by atoms with van der Waals surface area (Å²) in [5.74, 6) is 0.682. The minimum absolute atomic E-state index is 0.414. The maximum absolute atomic E-state index is 13.4. The lowest BCUT2D eigenvalue weighted by Gasteiger charge is -2.37. The van der Waals surface area contributed by atoms with E-state index in [9.17, 15) is 8.78 Å². The van der Waals surface area contributed by atoms with Crippen molar-refractivity contribution in [2.24, 2.45) is 11.8 Å². The van der Waals surface area contributed by atoms with E-state index in [2.05, 4.69) is 12.6 Å². The zero-order valence-electron chi connectivity index (χ0n) is 12.4. The largest absolute Gasteiger partial charge is 0.204 e. The average Bonchev–Trinajstić information content (AvgIpc) is 2.51. The molecule has 0 aliphatic heterocycles. The van der Waals surface area contributed by atoms with Crippen molar-refractivity contribution in [3.8, 4) is 0 Å². The quantitative estimate of drug-likeness (QED) is 0.663. The molecule has 0 saturated heterocycles. The van der Waals surface area contributed by atoms with E-state index in [1.807, 2.05) is 0 Å². The first-order valence-electron chi connectivity index (χ1n) is 8.26. The lowest BCUT2D eigenvalue weighted by Crippen LogP contribution is -2.25. The fraction of sp³-hybridized carbons (Fsp3) is 0.667. The maximum atomic E-state index is 13.4. The van der Waals surface area contributed by atoms with Crippen LogP contribution in [0.2, 0.25) is 0 Å². The third kappa shape index (κ3) is 3.61. The van der Waals surface area contributed by atoms with Gasteiger partial charge in [-0.3, -0.25) is 0 Å². The second-order valence-electron chi connectivity index (χ2n) is 6.85. The van der Waals surface area contributed by atoms with E-state index in [4.69, 9.17) is 0 Å². The standard InChI is InChI=1S/C18H24F2S/c19-17-10-7-15(11-18(17)20)14-3-1-12(2-4-14)13-5-8-16(21)9-6-13/h7,10-14,16,21H,1-6,8-9H2. The summed E-state index contributed by atoms with van der Waals surface area (Å²) < 4.78 is 26.4. The van der Waals surface area contributed by atoms with Crippen LogP contribution in [0.15, 0.2) is 18.2 Å². The van der Waals surface area contributed by atoms with Crippen molar-refractivity contribution in [3.05, 3.63) is 35.4 Å². The van der Waals surface area contributed by atoms with Crippen LogP contribution in [-0.2, 0) is 0 Å². The Bertz CT molecular complexity index is 472. The molecule has 0 amide bonds. The highest BCUT2D eigenvalue weighted by molar-refractivity contribution is 7.80. The topological polar surface area (TPSA) is 0 Å². The minimum Gasteiger partial charge on any atom is -0.204 e. The van der Waals surface area contributed by atoms with Gasteiger partial charge in [-0.05, 0) is 86.8 Å². The number of hydrogen-bond acceptors (Lipinski definition) is 1. The van der Waals surface area contributed by atoms with Crippen LogP contribution in [0.25, 0.3) is 0 Å². The number of hydrogen-bond donors (Lipinski definition) is 1. The Hall–Kier alpha value is -0.570. The van der Waals surface area contributed by atoms with Crippen molar-refractivity contribution in [3.63, 3.8) is 0 Å². The second kappa shape index (κ2) is 6.68. The van der Waals surface area contributed by atoms with E-state index in [0.717, 1.165) is 30.2 Å². The van der Waals surface area contributed by atoms with Gasteiger partial charge in [0.2, 0.25) is 0 Å². The lowest BCUT2D eigenvalue weighted by atomic mass is 9.70. The van der Waals surface area contributed by atoms with Crippen molar-refractivity contribution in [2.75, 3.05) is 0 Å². The van der Waals surface area contributed by atoms with Gasteiger partial charge in [0.1, 0.15) is 0 Å². The first-order valence-corrected chi connectivity index (χ1v) is 8.78. The van der Waals surface area contributed by atoms with E-state index < -0.39 is 11.6 Å². The van der Waals surface area contributed by atoms with Gasteiger partial charge in [-0.2, -0.15) is 12.6 Å². The number of rotatable bonds is 2. The van der Waals surface area contributed by atoms with Crippen molar-refractivity contribution in [2.45, 2.75) is 62.5 Å². The maximum Gasteiger partial charge on any atom is 0.159 e. The molecule has 0 nitrogen and oxygen atoms in total. The van der Waals surface area contributed by atoms with Crippen LogP contribution in [0.4, 0.5) is 8.78 Å². The highest BCUT2D eigenvalue weighted by atomic mass is 32.1. The molecule has 0 radical (unpaired) electrons. The minimum atomic E-state index is -0.740. The van der Waals surface area contributed by atoms with Gasteiger partial charge in [0, 0.05) is 5.25 Å². The van der Waals surface area contributed by atoms with Gasteiger partial charge in [0.15, 0.2) is 11.6 Å². The summed E-state index contributed by atoms with van der Waals surface area (Å²) in [5.41, 5.74) is 0.978. The molecule has 116 valence electrons. The molecule has 3 heteroatoms. The molecule has 0 N–H and O–H groups in total. The number of benzene rings is 1. The van der Waals surface area contributed by atoms with Crippen molar-refractivity contribution < 1.29 is 8.78 Å². The van der Waals surface area contributed by atoms with Crippen LogP contribution in [-0.4, -0.2) is 5.25 Å². The predicted octanol–water partition coefficient (Wildman–Crippen LogP) is 5.73. The van der Waals surface area contributed by atoms with E-state index >= 15 is 0 Å². The number of thiol groups is 1. The molecule has 0 bridgehead atoms. The Labute approximate surface area is 131 Å². The Morgan fingerprint density at radius 1 is 0.762 bits per heavy atom. The Kier molecular flexibility index (Phi) is 4.88. The summed E-state index contributed by atoms with van der Waals surface area (Å²) in [6.07, 6.45) is 9.90. The Morgan fingerprint density at radius 2 is 1.33 bits per heavy atom. The molecule has 2 aliphatic carbocycles. The first-order chi connectivity index (χ1) is 10.1. The summed E-state index contributed by atoms with van der Waals surface area (Å²) in [5, 5.41) is 0.611. The first kappa shape index (κ1) is 15.3. The third-order valence-corrected chi connectivity index (χ3v) is 6.11. The zero-order valence-corrected chi connectivity index (χ0v) is 13.3. The molecule has 2 saturated carbocycles. The summed E-state index contributed by atoms with van der Waals surface area (Å²) in [6.45, 7) is 0. The SMILES string of the molecule is Fc1ccc(C2CCC(C3CCC(S)CC3)CC2)cc1F. The summed E-state index contributed by atoms with van der Waals surface area (Å²) in [7, 11) is 0. The molecule has 2 aliphatic rings. The Morgan fingerprint density at radius 3 is 1.90 bits per heavy atom. The van der Waals surface area contributed by atoms with Crippen molar-refractivity contribution in [1.29, 1.82) is 0 Å². The molecule has 1 aromatic carbocycles. The molecule has 21 heavy (non-hydrogen) atoms. The second-order valence-corrected chi connectivity index (χ2v) is 7.58. The molecule has 0 aromatic heterocycles. The molecule has 0 atom stereocenters. The smallest absolute Gasteiger partial charge is 0.159 e. The monoisotopic (exact) mass is 310 g/mol. The lowest BCUT2D eigenvalue weighted by molar-refractivity contribution is 0.188. The van der Waals surface area contributed by atoms with Crippen molar-refractivity contribution >= 4 is 12.6 Å². The average molecular weight is 310 g/mol. The Balaban J connectivity index is 1.56. The molecule has 0 unspecified atom stereocenters. The van der Waals surface area contributed by atoms with Gasteiger partial charge in [-0.25, -0.2) is 8.78 Å². The van der Waals surface area contributed by atoms with E-state index in [0.29, 0.717) is 11.2 Å². The predicted molar refractivity (Wildman–Crippen MR) is 85.8 cm³/mol. The number of halogens is 2. The van der Waals surface area contributed by atoms with Gasteiger partial charge < -0.3 is 0 Å². The highest BCUT2D eigenvalue weighted by Crippen LogP contribution is 2.43. The summed E-state index contributed by atoms with van der Waals surface area (Å²) >= 11 is 4.58. The molecule has 0 spiro atoms. The van der Waals surface area contributed by atoms with Gasteiger partial charge in [-0.1, -0.05) is 6.07 Å². The van der Waals surface area contributed by atoms with Gasteiger partial charge in [-0.15, -0.1) is 0 Å². The van der Waals surface area contributed by atoms with Crippen LogP contribution in [0.5, 0.6) is 0 Å².